The van der Waals surface area contributed by atoms with Crippen LogP contribution in [0.5, 0.6) is 0 Å². The van der Waals surface area contributed by atoms with E-state index in [0.29, 0.717) is 32.1 Å². The highest BCUT2D eigenvalue weighted by Crippen LogP contribution is 2.38. The maximum absolute atomic E-state index is 12.9. The van der Waals surface area contributed by atoms with Gasteiger partial charge in [0.15, 0.2) is 5.82 Å². The summed E-state index contributed by atoms with van der Waals surface area (Å²) >= 11 is 0. The molecule has 2 aliphatic carbocycles. The Kier molecular flexibility index (Phi) is 9.17. The molecule has 0 spiro atoms. The minimum Gasteiger partial charge on any atom is -0.378 e. The van der Waals surface area contributed by atoms with Crippen LogP contribution < -0.4 is 5.32 Å². The normalized spacial score (nSPS) is 19.4. The minimum absolute atomic E-state index is 0.182. The molecule has 3 fully saturated rings. The molecule has 1 aliphatic heterocycles. The maximum atomic E-state index is 12.9. The fourth-order valence-corrected chi connectivity index (χ4v) is 4.38. The van der Waals surface area contributed by atoms with E-state index in [4.69, 9.17) is 9.26 Å². The summed E-state index contributed by atoms with van der Waals surface area (Å²) in [5, 5.41) is 6.38. The number of morpholine rings is 1. The Bertz CT molecular complexity index is 963. The Balaban J connectivity index is 0.000000999. The number of hydrogen-bond acceptors (Lipinski definition) is 9. The molecular weight excluding hydrogens is 464 g/mol. The molecule has 1 saturated heterocycles. The number of amides is 2. The van der Waals surface area contributed by atoms with Crippen LogP contribution in [-0.2, 0) is 24.2 Å². The van der Waals surface area contributed by atoms with Gasteiger partial charge in [0.25, 0.3) is 5.89 Å². The average molecular weight is 499 g/mol. The number of hydrogen-bond donors (Lipinski definition) is 1. The molecule has 3 aliphatic rings. The smallest absolute Gasteiger partial charge is 0.296 e. The van der Waals surface area contributed by atoms with Crippen LogP contribution in [0.3, 0.4) is 0 Å². The van der Waals surface area contributed by atoms with E-state index in [1.54, 1.807) is 11.8 Å². The number of sulfone groups is 1. The summed E-state index contributed by atoms with van der Waals surface area (Å²) in [7, 11) is -3.54. The van der Waals surface area contributed by atoms with Crippen molar-refractivity contribution >= 4 is 27.4 Å². The van der Waals surface area contributed by atoms with Crippen molar-refractivity contribution < 1.29 is 32.1 Å². The summed E-state index contributed by atoms with van der Waals surface area (Å²) in [6.45, 7) is 3.28. The van der Waals surface area contributed by atoms with E-state index >= 15 is 0 Å². The molecule has 2 heterocycles. The van der Waals surface area contributed by atoms with Crippen LogP contribution >= 0.6 is 0 Å². The topological polar surface area (TPSA) is 149 Å². The first-order chi connectivity index (χ1) is 16.2. The number of rotatable bonds is 10. The largest absolute Gasteiger partial charge is 0.378 e. The standard InChI is InChI=1S/C19H28N4O7S.C3H6/c1-3-14(16(25)19-21-17(22-30-19)12-4-5-12)20-18(26)13(11-31(2,27)28)10-15(24)23-6-8-29-9-7-23;1-2-3-1/h12-14H,3-11H2,1-2H3,(H,20,26);1-3H2/t13?,14-;/m0./s1. The van der Waals surface area contributed by atoms with Crippen molar-refractivity contribution in [2.75, 3.05) is 38.3 Å². The number of Topliss-reactive ketones (excluding diaryl/α,β-unsaturated/α-hetero) is 1. The Hall–Kier alpha value is -2.34. The van der Waals surface area contributed by atoms with Gasteiger partial charge in [0.1, 0.15) is 9.84 Å². The molecule has 190 valence electrons. The van der Waals surface area contributed by atoms with E-state index in [-0.39, 0.29) is 30.6 Å². The quantitative estimate of drug-likeness (QED) is 0.468. The molecule has 1 unspecified atom stereocenters. The van der Waals surface area contributed by atoms with E-state index in [1.165, 1.54) is 19.3 Å². The third-order valence-electron chi connectivity index (χ3n) is 5.65. The summed E-state index contributed by atoms with van der Waals surface area (Å²) in [5.74, 6) is -2.62. The van der Waals surface area contributed by atoms with Crippen LogP contribution in [0.4, 0.5) is 0 Å². The van der Waals surface area contributed by atoms with E-state index in [1.807, 2.05) is 0 Å². The monoisotopic (exact) mass is 498 g/mol. The lowest BCUT2D eigenvalue weighted by Gasteiger charge is -2.28. The maximum Gasteiger partial charge on any atom is 0.296 e. The van der Waals surface area contributed by atoms with Gasteiger partial charge < -0.3 is 19.5 Å². The number of carbonyl (C=O) groups excluding carboxylic acids is 3. The van der Waals surface area contributed by atoms with Crippen LogP contribution in [0.15, 0.2) is 4.52 Å². The lowest BCUT2D eigenvalue weighted by Crippen LogP contribution is -2.47. The third-order valence-corrected chi connectivity index (χ3v) is 6.66. The van der Waals surface area contributed by atoms with Gasteiger partial charge in [0, 0.05) is 31.7 Å². The van der Waals surface area contributed by atoms with Gasteiger partial charge in [0.2, 0.25) is 17.6 Å². The van der Waals surface area contributed by atoms with Crippen LogP contribution in [-0.4, -0.2) is 85.4 Å². The molecule has 11 nitrogen and oxygen atoms in total. The zero-order chi connectivity index (χ0) is 24.7. The van der Waals surface area contributed by atoms with Crippen molar-refractivity contribution in [1.82, 2.24) is 20.4 Å². The summed E-state index contributed by atoms with van der Waals surface area (Å²) in [5.41, 5.74) is 0. The number of carbonyl (C=O) groups is 3. The Morgan fingerprint density at radius 1 is 1.15 bits per heavy atom. The molecule has 2 atom stereocenters. The summed E-state index contributed by atoms with van der Waals surface area (Å²) < 4.78 is 34.0. The predicted octanol–water partition coefficient (Wildman–Crippen LogP) is 1.10. The van der Waals surface area contributed by atoms with Crippen molar-refractivity contribution in [3.8, 4) is 0 Å². The summed E-state index contributed by atoms with van der Waals surface area (Å²) in [6.07, 6.45) is 7.38. The number of ketones is 1. The van der Waals surface area contributed by atoms with Gasteiger partial charge in [-0.15, -0.1) is 0 Å². The zero-order valence-electron chi connectivity index (χ0n) is 19.8. The molecular formula is C22H34N4O7S. The lowest BCUT2D eigenvalue weighted by molar-refractivity contribution is -0.139. The van der Waals surface area contributed by atoms with Crippen molar-refractivity contribution in [2.45, 2.75) is 63.8 Å². The minimum atomic E-state index is -3.54. The highest BCUT2D eigenvalue weighted by atomic mass is 32.2. The molecule has 1 aromatic heterocycles. The fourth-order valence-electron chi connectivity index (χ4n) is 3.38. The van der Waals surface area contributed by atoms with E-state index < -0.39 is 39.2 Å². The Labute approximate surface area is 199 Å². The van der Waals surface area contributed by atoms with Crippen LogP contribution in [0, 0.1) is 5.92 Å². The Morgan fingerprint density at radius 3 is 2.32 bits per heavy atom. The molecule has 34 heavy (non-hydrogen) atoms. The highest BCUT2D eigenvalue weighted by molar-refractivity contribution is 7.90. The summed E-state index contributed by atoms with van der Waals surface area (Å²) in [6, 6.07) is -0.958. The average Bonchev–Trinajstić information content (AvgIpc) is 3.74. The van der Waals surface area contributed by atoms with Gasteiger partial charge in [0.05, 0.1) is 30.9 Å². The van der Waals surface area contributed by atoms with Crippen molar-refractivity contribution in [1.29, 1.82) is 0 Å². The molecule has 0 bridgehead atoms. The third kappa shape index (κ3) is 8.46. The van der Waals surface area contributed by atoms with Crippen LogP contribution in [0.25, 0.3) is 0 Å². The first-order valence-corrected chi connectivity index (χ1v) is 14.0. The Morgan fingerprint density at radius 2 is 1.79 bits per heavy atom. The van der Waals surface area contributed by atoms with Crippen molar-refractivity contribution in [3.05, 3.63) is 11.7 Å². The number of aromatic nitrogens is 2. The molecule has 2 amide bonds. The number of nitrogens with one attached hydrogen (secondary N) is 1. The molecule has 12 heteroatoms. The van der Waals surface area contributed by atoms with E-state index in [2.05, 4.69) is 15.5 Å². The fraction of sp³-hybridized carbons (Fsp3) is 0.773. The predicted molar refractivity (Wildman–Crippen MR) is 122 cm³/mol. The van der Waals surface area contributed by atoms with Crippen molar-refractivity contribution in [2.24, 2.45) is 5.92 Å². The SMILES string of the molecule is C1CC1.CC[C@H](NC(=O)C(CC(=O)N1CCOCC1)CS(C)(=O)=O)C(=O)c1nc(C2CC2)no1. The summed E-state index contributed by atoms with van der Waals surface area (Å²) in [4.78, 5) is 43.8. The molecule has 4 rings (SSSR count). The molecule has 2 saturated carbocycles. The molecule has 0 radical (unpaired) electrons. The van der Waals surface area contributed by atoms with Gasteiger partial charge in [-0.25, -0.2) is 8.42 Å². The highest BCUT2D eigenvalue weighted by Gasteiger charge is 2.34. The van der Waals surface area contributed by atoms with Gasteiger partial charge in [-0.05, 0) is 19.3 Å². The number of nitrogens with zero attached hydrogens (tertiary/aromatic N) is 3. The van der Waals surface area contributed by atoms with Gasteiger partial charge in [-0.2, -0.15) is 4.98 Å². The van der Waals surface area contributed by atoms with Crippen LogP contribution in [0.1, 0.15) is 74.3 Å². The van der Waals surface area contributed by atoms with Crippen molar-refractivity contribution in [3.63, 3.8) is 0 Å². The first kappa shape index (κ1) is 26.3. The molecule has 1 aromatic rings. The molecule has 0 aromatic carbocycles. The zero-order valence-corrected chi connectivity index (χ0v) is 20.6. The number of ether oxygens (including phenoxy) is 1. The molecule has 1 N–H and O–H groups in total. The van der Waals surface area contributed by atoms with E-state index in [0.717, 1.165) is 19.1 Å². The van der Waals surface area contributed by atoms with Crippen LogP contribution in [0.2, 0.25) is 0 Å². The lowest BCUT2D eigenvalue weighted by atomic mass is 10.0. The van der Waals surface area contributed by atoms with Gasteiger partial charge in [-0.3, -0.25) is 14.4 Å². The van der Waals surface area contributed by atoms with E-state index in [9.17, 15) is 22.8 Å². The second-order valence-corrected chi connectivity index (χ2v) is 11.3. The first-order valence-electron chi connectivity index (χ1n) is 11.9. The van der Waals surface area contributed by atoms with Gasteiger partial charge >= 0.3 is 0 Å². The second-order valence-electron chi connectivity index (χ2n) is 9.11. The second kappa shape index (κ2) is 11.9. The van der Waals surface area contributed by atoms with Gasteiger partial charge in [-0.1, -0.05) is 31.3 Å².